The molecule has 0 spiro atoms. The van der Waals surface area contributed by atoms with Crippen LogP contribution in [0.25, 0.3) is 16.6 Å². The van der Waals surface area contributed by atoms with E-state index in [1.54, 1.807) is 30.5 Å². The van der Waals surface area contributed by atoms with Crippen molar-refractivity contribution >= 4 is 102 Å². The van der Waals surface area contributed by atoms with Crippen LogP contribution in [0.1, 0.15) is 89.0 Å². The Bertz CT molecular complexity index is 3960. The second-order valence-electron chi connectivity index (χ2n) is 24.7. The molecular weight excluding hydrogens is 1210 g/mol. The highest BCUT2D eigenvalue weighted by atomic mass is 35.5. The van der Waals surface area contributed by atoms with Gasteiger partial charge in [-0.25, -0.2) is 13.1 Å². The summed E-state index contributed by atoms with van der Waals surface area (Å²) < 4.78 is 42.8. The van der Waals surface area contributed by atoms with E-state index in [4.69, 9.17) is 26.1 Å². The van der Waals surface area contributed by atoms with Crippen LogP contribution in [-0.4, -0.2) is 190 Å². The van der Waals surface area contributed by atoms with E-state index in [0.717, 1.165) is 105 Å². The number of nitro benzene ring substituents is 1. The molecule has 0 radical (unpaired) electrons. The second-order valence-corrected chi connectivity index (χ2v) is 26.8. The molecule has 4 aromatic carbocycles. The number of benzene rings is 4. The van der Waals surface area contributed by atoms with Crippen LogP contribution in [0.5, 0.6) is 5.88 Å². The average molecular weight is 1280 g/mol. The molecule has 5 N–H and O–H groups in total. The minimum atomic E-state index is -4.66. The number of nitro groups is 1. The van der Waals surface area contributed by atoms with E-state index >= 15 is 0 Å². The van der Waals surface area contributed by atoms with Crippen LogP contribution in [-0.2, 0) is 24.3 Å². The number of hydrogen-bond acceptors (Lipinski definition) is 19. The third-order valence-electron chi connectivity index (χ3n) is 18.1. The molecular formula is C65H74ClN13O11S. The third-order valence-corrected chi connectivity index (χ3v) is 19.7. The molecule has 1 aliphatic carbocycles. The molecule has 26 heteroatoms. The lowest BCUT2D eigenvalue weighted by atomic mass is 9.72. The van der Waals surface area contributed by atoms with Crippen molar-refractivity contribution in [1.29, 1.82) is 0 Å². The first kappa shape index (κ1) is 62.7. The summed E-state index contributed by atoms with van der Waals surface area (Å²) >= 11 is 6.30. The summed E-state index contributed by atoms with van der Waals surface area (Å²) in [6.07, 6.45) is 5.62. The van der Waals surface area contributed by atoms with Crippen LogP contribution in [0.2, 0.25) is 5.02 Å². The summed E-state index contributed by atoms with van der Waals surface area (Å²) in [5.41, 5.74) is 7.45. The zero-order chi connectivity index (χ0) is 63.6. The van der Waals surface area contributed by atoms with E-state index in [1.165, 1.54) is 28.8 Å². The number of anilines is 5. The molecule has 3 fully saturated rings. The van der Waals surface area contributed by atoms with Crippen LogP contribution in [0.15, 0.2) is 108 Å². The number of nitrogens with zero attached hydrogens (tertiary/aromatic N) is 8. The monoisotopic (exact) mass is 1280 g/mol. The number of piperidine rings is 1. The van der Waals surface area contributed by atoms with Crippen LogP contribution < -0.4 is 35.2 Å². The number of allylic oxidation sites excluding steroid dienone is 1. The first-order valence-electron chi connectivity index (χ1n) is 31.0. The van der Waals surface area contributed by atoms with Crippen molar-refractivity contribution in [3.05, 3.63) is 140 Å². The van der Waals surface area contributed by atoms with Gasteiger partial charge in [-0.2, -0.15) is 4.98 Å². The van der Waals surface area contributed by atoms with Crippen LogP contribution >= 0.6 is 11.6 Å². The third kappa shape index (κ3) is 13.9. The molecule has 0 saturated carbocycles. The van der Waals surface area contributed by atoms with Crippen molar-refractivity contribution in [1.82, 2.24) is 39.6 Å². The van der Waals surface area contributed by atoms with E-state index in [0.29, 0.717) is 87.6 Å². The molecule has 5 aliphatic heterocycles. The van der Waals surface area contributed by atoms with Gasteiger partial charge in [-0.15, -0.1) is 0 Å². The number of halogens is 1. The Morgan fingerprint density at radius 2 is 1.58 bits per heavy atom. The van der Waals surface area contributed by atoms with Gasteiger partial charge in [0.05, 0.1) is 52.0 Å². The van der Waals surface area contributed by atoms with Crippen LogP contribution in [0.4, 0.5) is 34.1 Å². The fraction of sp³-hybridized carbons (Fsp3) is 0.415. The molecule has 24 nitrogen and oxygen atoms in total. The Hall–Kier alpha value is -8.46. The number of amides is 5. The molecule has 6 aliphatic rings. The maximum Gasteiger partial charge on any atom is 0.293 e. The SMILES string of the molecule is CC1(C)CCC(CN2CCN(c3ccc(C(=O)NS(=O)(=O)c4ccc(NCCN5CCN(CCOCCNc6cccc7c6C(=O)N(C6CCC(=O)NC6=O)C7=O)CC5)c([N+](=O)[O-])c4)c(N4CCCOc5nc6[nH]ccc6cc54)c3)CC2)=C(c2ccc(Cl)cc2)C1. The first-order valence-corrected chi connectivity index (χ1v) is 32.9. The summed E-state index contributed by atoms with van der Waals surface area (Å²) in [7, 11) is -4.66. The maximum absolute atomic E-state index is 14.6. The minimum absolute atomic E-state index is 0.0354. The van der Waals surface area contributed by atoms with Gasteiger partial charge in [0.2, 0.25) is 17.7 Å². The number of nitrogens with one attached hydrogen (secondary N) is 5. The number of aromatic nitrogens is 2. The smallest absolute Gasteiger partial charge is 0.293 e. The first-order chi connectivity index (χ1) is 43.9. The fourth-order valence-corrected chi connectivity index (χ4v) is 14.2. The van der Waals surface area contributed by atoms with Crippen molar-refractivity contribution in [2.45, 2.75) is 63.3 Å². The Kier molecular flexibility index (Phi) is 18.5. The van der Waals surface area contributed by atoms with Gasteiger partial charge in [0.25, 0.3) is 33.4 Å². The molecule has 5 amide bonds. The van der Waals surface area contributed by atoms with E-state index < -0.39 is 61.1 Å². The van der Waals surface area contributed by atoms with Crippen molar-refractivity contribution in [2.75, 3.05) is 132 Å². The van der Waals surface area contributed by atoms with Crippen molar-refractivity contribution < 1.29 is 46.8 Å². The Labute approximate surface area is 532 Å². The Morgan fingerprint density at radius 1 is 0.824 bits per heavy atom. The molecule has 1 unspecified atom stereocenters. The van der Waals surface area contributed by atoms with Gasteiger partial charge in [0.1, 0.15) is 23.1 Å². The number of sulfonamides is 1. The second kappa shape index (κ2) is 26.8. The number of rotatable bonds is 21. The molecule has 6 aromatic rings. The van der Waals surface area contributed by atoms with Gasteiger partial charge in [0, 0.05) is 132 Å². The summed E-state index contributed by atoms with van der Waals surface area (Å²) in [5.74, 6) is -2.80. The molecule has 478 valence electrons. The van der Waals surface area contributed by atoms with Gasteiger partial charge in [0.15, 0.2) is 0 Å². The number of carbonyl (C=O) groups excluding carboxylic acids is 5. The van der Waals surface area contributed by atoms with Crippen LogP contribution in [0.3, 0.4) is 0 Å². The van der Waals surface area contributed by atoms with Gasteiger partial charge in [-0.3, -0.25) is 59.0 Å². The topological polar surface area (TPSA) is 277 Å². The summed E-state index contributed by atoms with van der Waals surface area (Å²) in [6, 6.07) is 24.9. The predicted octanol–water partition coefficient (Wildman–Crippen LogP) is 7.51. The zero-order valence-corrected chi connectivity index (χ0v) is 52.5. The standard InChI is InChI=1S/C65H74ClN13O11S/c1-65(2)19-17-44(50(40-65)42-7-9-45(66)10-8-42)41-75-29-31-76(32-30-75)46-11-13-48(54(38-46)77-23-4-34-90-62-56(77)37-43-18-20-69-59(43)71-62)60(81)72-91(87,88)47-12-14-51(55(39-47)79(85)86)67-21-24-73-25-27-74(28-26-73)33-36-89-35-22-68-52-6-3-5-49-58(52)64(84)78(63(49)83)53-15-16-57(80)70-61(53)82/h3,5-14,18,20,37-39,53,67-68H,4,15-17,19,21-36,40-41H2,1-2H3,(H,69,71)(H,72,81)(H,70,80,82). The lowest BCUT2D eigenvalue weighted by Gasteiger charge is -2.39. The number of fused-ring (bicyclic) bond motifs is 3. The summed E-state index contributed by atoms with van der Waals surface area (Å²) in [6.45, 7) is 15.1. The predicted molar refractivity (Wildman–Crippen MR) is 346 cm³/mol. The number of pyridine rings is 1. The number of aromatic amines is 1. The van der Waals surface area contributed by atoms with E-state index in [9.17, 15) is 42.5 Å². The van der Waals surface area contributed by atoms with E-state index in [2.05, 4.69) is 71.2 Å². The van der Waals surface area contributed by atoms with Gasteiger partial charge in [-0.05, 0) is 115 Å². The van der Waals surface area contributed by atoms with E-state index in [-0.39, 0.29) is 40.6 Å². The largest absolute Gasteiger partial charge is 0.476 e. The van der Waals surface area contributed by atoms with Crippen LogP contribution in [0, 0.1) is 15.5 Å². The highest BCUT2D eigenvalue weighted by molar-refractivity contribution is 7.90. The van der Waals surface area contributed by atoms with Gasteiger partial charge in [-0.1, -0.05) is 49.2 Å². The molecule has 2 aromatic heterocycles. The molecule has 0 bridgehead atoms. The summed E-state index contributed by atoms with van der Waals surface area (Å²) in [5, 5.41) is 22.6. The van der Waals surface area contributed by atoms with Crippen molar-refractivity contribution in [3.63, 3.8) is 0 Å². The Morgan fingerprint density at radius 3 is 2.35 bits per heavy atom. The quantitative estimate of drug-likeness (QED) is 0.0202. The number of piperazine rings is 2. The minimum Gasteiger partial charge on any atom is -0.476 e. The van der Waals surface area contributed by atoms with Crippen molar-refractivity contribution in [2.24, 2.45) is 5.41 Å². The highest BCUT2D eigenvalue weighted by Gasteiger charge is 2.46. The number of H-pyrrole nitrogens is 1. The summed E-state index contributed by atoms with van der Waals surface area (Å²) in [4.78, 5) is 97.0. The van der Waals surface area contributed by atoms with Gasteiger partial charge < -0.3 is 34.9 Å². The lowest BCUT2D eigenvalue weighted by Crippen LogP contribution is -2.54. The molecule has 91 heavy (non-hydrogen) atoms. The molecule has 1 atom stereocenters. The number of imide groups is 2. The van der Waals surface area contributed by atoms with E-state index in [1.807, 2.05) is 41.3 Å². The molecule has 12 rings (SSSR count). The fourth-order valence-electron chi connectivity index (χ4n) is 13.1. The average Bonchev–Trinajstić information content (AvgIpc) is 1.70. The lowest BCUT2D eigenvalue weighted by molar-refractivity contribution is -0.384. The number of hydrogen-bond donors (Lipinski definition) is 5. The van der Waals surface area contributed by atoms with Gasteiger partial charge >= 0.3 is 0 Å². The zero-order valence-electron chi connectivity index (χ0n) is 50.9. The molecule has 3 saturated heterocycles. The van der Waals surface area contributed by atoms with Crippen molar-refractivity contribution in [3.8, 4) is 5.88 Å². The maximum atomic E-state index is 14.6. The molecule has 7 heterocycles. The Balaban J connectivity index is 0.648. The normalized spacial score (nSPS) is 19.2. The number of ether oxygens (including phenoxy) is 2. The number of carbonyl (C=O) groups is 5. The highest BCUT2D eigenvalue weighted by Crippen LogP contribution is 2.45.